The van der Waals surface area contributed by atoms with Crippen LogP contribution in [-0.2, 0) is 6.42 Å². The van der Waals surface area contributed by atoms with Crippen molar-refractivity contribution < 1.29 is 4.74 Å². The van der Waals surface area contributed by atoms with Crippen molar-refractivity contribution in [3.05, 3.63) is 65.4 Å². The highest BCUT2D eigenvalue weighted by atomic mass is 16.5. The van der Waals surface area contributed by atoms with Gasteiger partial charge in [0.05, 0.1) is 6.61 Å². The predicted molar refractivity (Wildman–Crippen MR) is 112 cm³/mol. The van der Waals surface area contributed by atoms with E-state index in [4.69, 9.17) is 4.74 Å². The van der Waals surface area contributed by atoms with Gasteiger partial charge in [-0.2, -0.15) is 4.98 Å². The standard InChI is InChI=1S/C22H26N4O/c1-5-17-9-7-8-15(3)21(17)25-20-14-16(4)23-22(26-20)24-18-10-12-19(13-11-18)27-6-2/h7-14H,5-6H2,1-4H3,(H2,23,24,25,26). The first-order valence-electron chi connectivity index (χ1n) is 9.30. The lowest BCUT2D eigenvalue weighted by molar-refractivity contribution is 0.340. The van der Waals surface area contributed by atoms with Crippen molar-refractivity contribution in [2.45, 2.75) is 34.1 Å². The van der Waals surface area contributed by atoms with Gasteiger partial charge >= 0.3 is 0 Å². The summed E-state index contributed by atoms with van der Waals surface area (Å²) in [5, 5.41) is 6.74. The first-order valence-corrected chi connectivity index (χ1v) is 9.30. The third-order valence-corrected chi connectivity index (χ3v) is 4.27. The number of hydrogen-bond donors (Lipinski definition) is 2. The van der Waals surface area contributed by atoms with Crippen molar-refractivity contribution in [2.75, 3.05) is 17.2 Å². The molecule has 2 N–H and O–H groups in total. The average Bonchev–Trinajstić information content (AvgIpc) is 2.65. The molecule has 0 aliphatic heterocycles. The van der Waals surface area contributed by atoms with Gasteiger partial charge in [0.25, 0.3) is 0 Å². The van der Waals surface area contributed by atoms with Crippen LogP contribution in [0.1, 0.15) is 30.7 Å². The lowest BCUT2D eigenvalue weighted by Crippen LogP contribution is -2.04. The van der Waals surface area contributed by atoms with Gasteiger partial charge in [-0.25, -0.2) is 4.98 Å². The molecule has 0 atom stereocenters. The molecule has 140 valence electrons. The number of anilines is 4. The molecule has 0 amide bonds. The van der Waals surface area contributed by atoms with Gasteiger partial charge in [0, 0.05) is 23.1 Å². The first-order chi connectivity index (χ1) is 13.1. The van der Waals surface area contributed by atoms with Crippen LogP contribution in [0.3, 0.4) is 0 Å². The van der Waals surface area contributed by atoms with Crippen molar-refractivity contribution >= 4 is 23.1 Å². The van der Waals surface area contributed by atoms with Gasteiger partial charge in [0.2, 0.25) is 5.95 Å². The molecule has 3 aromatic rings. The van der Waals surface area contributed by atoms with E-state index in [1.807, 2.05) is 44.2 Å². The minimum Gasteiger partial charge on any atom is -0.494 e. The fraction of sp³-hybridized carbons (Fsp3) is 0.273. The van der Waals surface area contributed by atoms with E-state index in [0.717, 1.165) is 35.1 Å². The van der Waals surface area contributed by atoms with E-state index in [0.29, 0.717) is 12.6 Å². The smallest absolute Gasteiger partial charge is 0.229 e. The Bertz CT molecular complexity index is 907. The third kappa shape index (κ3) is 4.76. The van der Waals surface area contributed by atoms with Crippen molar-refractivity contribution in [2.24, 2.45) is 0 Å². The maximum Gasteiger partial charge on any atom is 0.229 e. The van der Waals surface area contributed by atoms with E-state index in [2.05, 4.69) is 52.6 Å². The Morgan fingerprint density at radius 3 is 2.41 bits per heavy atom. The number of rotatable bonds is 7. The Kier molecular flexibility index (Phi) is 5.91. The fourth-order valence-corrected chi connectivity index (χ4v) is 2.95. The Morgan fingerprint density at radius 2 is 1.70 bits per heavy atom. The van der Waals surface area contributed by atoms with E-state index in [1.54, 1.807) is 0 Å². The number of para-hydroxylation sites is 1. The molecule has 0 spiro atoms. The van der Waals surface area contributed by atoms with Gasteiger partial charge < -0.3 is 15.4 Å². The van der Waals surface area contributed by atoms with E-state index < -0.39 is 0 Å². The number of nitrogens with zero attached hydrogens (tertiary/aromatic N) is 2. The van der Waals surface area contributed by atoms with E-state index in [9.17, 15) is 0 Å². The topological polar surface area (TPSA) is 59.1 Å². The highest BCUT2D eigenvalue weighted by molar-refractivity contribution is 5.66. The van der Waals surface area contributed by atoms with Crippen LogP contribution in [0, 0.1) is 13.8 Å². The van der Waals surface area contributed by atoms with Gasteiger partial charge in [-0.05, 0) is 62.6 Å². The largest absolute Gasteiger partial charge is 0.494 e. The lowest BCUT2D eigenvalue weighted by atomic mass is 10.1. The summed E-state index contributed by atoms with van der Waals surface area (Å²) in [6, 6.07) is 16.1. The van der Waals surface area contributed by atoms with Crippen molar-refractivity contribution in [1.82, 2.24) is 9.97 Å². The van der Waals surface area contributed by atoms with Crippen LogP contribution in [0.15, 0.2) is 48.5 Å². The van der Waals surface area contributed by atoms with Gasteiger partial charge in [-0.1, -0.05) is 25.1 Å². The zero-order chi connectivity index (χ0) is 19.2. The number of nitrogens with one attached hydrogen (secondary N) is 2. The quantitative estimate of drug-likeness (QED) is 0.578. The molecule has 1 aromatic heterocycles. The van der Waals surface area contributed by atoms with Crippen molar-refractivity contribution in [3.8, 4) is 5.75 Å². The second-order valence-corrected chi connectivity index (χ2v) is 6.39. The third-order valence-electron chi connectivity index (χ3n) is 4.27. The number of aryl methyl sites for hydroxylation is 3. The van der Waals surface area contributed by atoms with Gasteiger partial charge in [0.15, 0.2) is 0 Å². The molecule has 5 nitrogen and oxygen atoms in total. The predicted octanol–water partition coefficient (Wildman–Crippen LogP) is 5.54. The molecule has 0 radical (unpaired) electrons. The minimum atomic E-state index is 0.563. The summed E-state index contributed by atoms with van der Waals surface area (Å²) in [4.78, 5) is 9.14. The molecule has 0 saturated carbocycles. The maximum atomic E-state index is 5.48. The molecule has 0 aliphatic rings. The van der Waals surface area contributed by atoms with Crippen LogP contribution in [-0.4, -0.2) is 16.6 Å². The second kappa shape index (κ2) is 8.54. The van der Waals surface area contributed by atoms with Crippen LogP contribution < -0.4 is 15.4 Å². The van der Waals surface area contributed by atoms with Crippen molar-refractivity contribution in [1.29, 1.82) is 0 Å². The number of aromatic nitrogens is 2. The number of hydrogen-bond acceptors (Lipinski definition) is 5. The molecule has 0 unspecified atom stereocenters. The van der Waals surface area contributed by atoms with Gasteiger partial charge in [-0.3, -0.25) is 0 Å². The molecular weight excluding hydrogens is 336 g/mol. The zero-order valence-electron chi connectivity index (χ0n) is 16.3. The molecule has 0 saturated heterocycles. The van der Waals surface area contributed by atoms with Gasteiger partial charge in [-0.15, -0.1) is 0 Å². The SMILES string of the molecule is CCOc1ccc(Nc2nc(C)cc(Nc3c(C)cccc3CC)n2)cc1. The van der Waals surface area contributed by atoms with E-state index in [-0.39, 0.29) is 0 Å². The van der Waals surface area contributed by atoms with Crippen LogP contribution in [0.2, 0.25) is 0 Å². The highest BCUT2D eigenvalue weighted by Crippen LogP contribution is 2.26. The molecule has 5 heteroatoms. The molecule has 3 rings (SSSR count). The van der Waals surface area contributed by atoms with Crippen LogP contribution >= 0.6 is 0 Å². The van der Waals surface area contributed by atoms with Crippen LogP contribution in [0.5, 0.6) is 5.75 Å². The number of benzene rings is 2. The zero-order valence-corrected chi connectivity index (χ0v) is 16.3. The van der Waals surface area contributed by atoms with Crippen molar-refractivity contribution in [3.63, 3.8) is 0 Å². The summed E-state index contributed by atoms with van der Waals surface area (Å²) in [5.41, 5.74) is 5.40. The average molecular weight is 362 g/mol. The molecule has 0 aliphatic carbocycles. The molecule has 0 bridgehead atoms. The fourth-order valence-electron chi connectivity index (χ4n) is 2.95. The Hall–Kier alpha value is -3.08. The first kappa shape index (κ1) is 18.7. The summed E-state index contributed by atoms with van der Waals surface area (Å²) >= 11 is 0. The van der Waals surface area contributed by atoms with E-state index >= 15 is 0 Å². The van der Waals surface area contributed by atoms with Gasteiger partial charge in [0.1, 0.15) is 11.6 Å². The summed E-state index contributed by atoms with van der Waals surface area (Å²) in [6.07, 6.45) is 0.964. The molecular formula is C22H26N4O. The van der Waals surface area contributed by atoms with E-state index in [1.165, 1.54) is 11.1 Å². The summed E-state index contributed by atoms with van der Waals surface area (Å²) in [7, 11) is 0. The Labute approximate surface area is 160 Å². The number of ether oxygens (including phenoxy) is 1. The van der Waals surface area contributed by atoms with Crippen LogP contribution in [0.25, 0.3) is 0 Å². The molecule has 2 aromatic carbocycles. The summed E-state index contributed by atoms with van der Waals surface area (Å²) in [6.45, 7) is 8.86. The Morgan fingerprint density at radius 1 is 0.926 bits per heavy atom. The maximum absolute atomic E-state index is 5.48. The summed E-state index contributed by atoms with van der Waals surface area (Å²) in [5.74, 6) is 2.19. The normalized spacial score (nSPS) is 10.5. The molecule has 1 heterocycles. The summed E-state index contributed by atoms with van der Waals surface area (Å²) < 4.78 is 5.48. The van der Waals surface area contributed by atoms with Crippen LogP contribution in [0.4, 0.5) is 23.1 Å². The molecule has 0 fully saturated rings. The molecule has 27 heavy (non-hydrogen) atoms. The second-order valence-electron chi connectivity index (χ2n) is 6.39. The monoisotopic (exact) mass is 362 g/mol. The Balaban J connectivity index is 1.82. The lowest BCUT2D eigenvalue weighted by Gasteiger charge is -2.15. The minimum absolute atomic E-state index is 0.563. The highest BCUT2D eigenvalue weighted by Gasteiger charge is 2.08.